The Kier molecular flexibility index (Phi) is 5.48. The molecular weight excluding hydrogens is 374 g/mol. The monoisotopic (exact) mass is 399 g/mol. The molecule has 30 heavy (non-hydrogen) atoms. The molecule has 2 aromatic heterocycles. The first kappa shape index (κ1) is 19.6. The van der Waals surface area contributed by atoms with Gasteiger partial charge in [-0.15, -0.1) is 0 Å². The van der Waals surface area contributed by atoms with Crippen LogP contribution >= 0.6 is 0 Å². The van der Waals surface area contributed by atoms with Crippen molar-refractivity contribution in [3.8, 4) is 0 Å². The van der Waals surface area contributed by atoms with Crippen LogP contribution in [0.5, 0.6) is 0 Å². The van der Waals surface area contributed by atoms with E-state index in [-0.39, 0.29) is 5.91 Å². The molecule has 0 aliphatic carbocycles. The normalized spacial score (nSPS) is 10.9. The maximum absolute atomic E-state index is 12.7. The second-order valence-corrected chi connectivity index (χ2v) is 7.49. The van der Waals surface area contributed by atoms with Crippen LogP contribution in [0.3, 0.4) is 0 Å². The first-order valence-electron chi connectivity index (χ1n) is 10.0. The maximum atomic E-state index is 12.7. The molecule has 0 bridgehead atoms. The third-order valence-corrected chi connectivity index (χ3v) is 5.08. The van der Waals surface area contributed by atoms with Crippen LogP contribution in [0.15, 0.2) is 54.7 Å². The topological polar surface area (TPSA) is 82.7 Å². The highest BCUT2D eigenvalue weighted by Gasteiger charge is 2.12. The smallest absolute Gasteiger partial charge is 0.274 e. The van der Waals surface area contributed by atoms with Crippen LogP contribution in [0.1, 0.15) is 33.0 Å². The molecule has 0 saturated carbocycles. The molecule has 2 aromatic carbocycles. The highest BCUT2D eigenvalue weighted by molar-refractivity contribution is 6.03. The van der Waals surface area contributed by atoms with E-state index in [4.69, 9.17) is 0 Å². The Morgan fingerprint density at radius 2 is 1.87 bits per heavy atom. The van der Waals surface area contributed by atoms with E-state index < -0.39 is 0 Å². The van der Waals surface area contributed by atoms with E-state index in [1.165, 1.54) is 10.9 Å². The fourth-order valence-corrected chi connectivity index (χ4v) is 3.58. The predicted molar refractivity (Wildman–Crippen MR) is 121 cm³/mol. The number of aryl methyl sites for hydroxylation is 3. The van der Waals surface area contributed by atoms with Crippen molar-refractivity contribution in [2.45, 2.75) is 27.2 Å². The molecule has 0 spiro atoms. The van der Waals surface area contributed by atoms with Gasteiger partial charge >= 0.3 is 0 Å². The molecule has 6 heteroatoms. The van der Waals surface area contributed by atoms with E-state index in [9.17, 15) is 4.79 Å². The Labute approximate surface area is 175 Å². The Morgan fingerprint density at radius 3 is 2.70 bits per heavy atom. The third-order valence-electron chi connectivity index (χ3n) is 5.08. The lowest BCUT2D eigenvalue weighted by Crippen LogP contribution is -2.17. The van der Waals surface area contributed by atoms with Gasteiger partial charge in [0.1, 0.15) is 17.3 Å². The molecule has 152 valence electrons. The zero-order valence-electron chi connectivity index (χ0n) is 17.4. The molecule has 3 N–H and O–H groups in total. The van der Waals surface area contributed by atoms with Gasteiger partial charge < -0.3 is 15.6 Å². The Balaban J connectivity index is 1.44. The van der Waals surface area contributed by atoms with E-state index in [1.54, 1.807) is 13.0 Å². The Morgan fingerprint density at radius 1 is 1.03 bits per heavy atom. The first-order chi connectivity index (χ1) is 14.5. The Hall–Kier alpha value is -3.67. The Bertz CT molecular complexity index is 1210. The van der Waals surface area contributed by atoms with Gasteiger partial charge in [-0.2, -0.15) is 0 Å². The summed E-state index contributed by atoms with van der Waals surface area (Å²) in [4.78, 5) is 24.8. The quantitative estimate of drug-likeness (QED) is 0.435. The number of nitrogens with one attached hydrogen (secondary N) is 3. The summed E-state index contributed by atoms with van der Waals surface area (Å²) in [5.74, 6) is 0.957. The molecule has 0 atom stereocenters. The molecule has 4 aromatic rings. The predicted octanol–water partition coefficient (Wildman–Crippen LogP) is 4.79. The van der Waals surface area contributed by atoms with Crippen LogP contribution in [0.2, 0.25) is 0 Å². The third kappa shape index (κ3) is 4.33. The standard InChI is InChI=1S/C24H25N5O/c1-15-8-9-20(16(2)12-15)29-24(30)22-13-23(28-17(3)27-22)25-11-10-18-14-26-21-7-5-4-6-19(18)21/h4-9,12-14,26H,10-11H2,1-3H3,(H,29,30)(H,25,27,28). The van der Waals surface area contributed by atoms with Gasteiger partial charge in [-0.1, -0.05) is 35.9 Å². The van der Waals surface area contributed by atoms with E-state index in [0.717, 1.165) is 28.8 Å². The molecule has 0 saturated heterocycles. The minimum absolute atomic E-state index is 0.243. The van der Waals surface area contributed by atoms with Crippen molar-refractivity contribution in [2.75, 3.05) is 17.2 Å². The van der Waals surface area contributed by atoms with Crippen molar-refractivity contribution in [3.05, 3.63) is 82.9 Å². The number of aromatic nitrogens is 3. The molecule has 0 aliphatic heterocycles. The molecule has 6 nitrogen and oxygen atoms in total. The summed E-state index contributed by atoms with van der Waals surface area (Å²) in [6, 6.07) is 15.9. The number of fused-ring (bicyclic) bond motifs is 1. The number of amides is 1. The summed E-state index contributed by atoms with van der Waals surface area (Å²) in [7, 11) is 0. The molecule has 0 aliphatic rings. The van der Waals surface area contributed by atoms with Crippen molar-refractivity contribution in [1.29, 1.82) is 0 Å². The maximum Gasteiger partial charge on any atom is 0.274 e. The summed E-state index contributed by atoms with van der Waals surface area (Å²) in [6.45, 7) is 6.50. The van der Waals surface area contributed by atoms with Crippen molar-refractivity contribution in [3.63, 3.8) is 0 Å². The van der Waals surface area contributed by atoms with Crippen molar-refractivity contribution < 1.29 is 4.79 Å². The van der Waals surface area contributed by atoms with E-state index in [2.05, 4.69) is 37.7 Å². The molecule has 1 amide bonds. The fraction of sp³-hybridized carbons (Fsp3) is 0.208. The molecule has 0 radical (unpaired) electrons. The number of nitrogens with zero attached hydrogens (tertiary/aromatic N) is 2. The molecule has 0 fully saturated rings. The number of hydrogen-bond acceptors (Lipinski definition) is 4. The van der Waals surface area contributed by atoms with Gasteiger partial charge in [0.15, 0.2) is 0 Å². The van der Waals surface area contributed by atoms with Gasteiger partial charge in [-0.3, -0.25) is 4.79 Å². The van der Waals surface area contributed by atoms with E-state index >= 15 is 0 Å². The number of rotatable bonds is 6. The first-order valence-corrected chi connectivity index (χ1v) is 10.0. The highest BCUT2D eigenvalue weighted by Crippen LogP contribution is 2.19. The van der Waals surface area contributed by atoms with Gasteiger partial charge in [0.05, 0.1) is 0 Å². The van der Waals surface area contributed by atoms with Gasteiger partial charge in [0.2, 0.25) is 0 Å². The van der Waals surface area contributed by atoms with E-state index in [0.29, 0.717) is 23.9 Å². The minimum atomic E-state index is -0.243. The summed E-state index contributed by atoms with van der Waals surface area (Å²) < 4.78 is 0. The zero-order valence-corrected chi connectivity index (χ0v) is 17.4. The lowest BCUT2D eigenvalue weighted by atomic mass is 10.1. The average Bonchev–Trinajstić information content (AvgIpc) is 3.13. The van der Waals surface area contributed by atoms with E-state index in [1.807, 2.05) is 50.4 Å². The van der Waals surface area contributed by atoms with Gasteiger partial charge in [-0.05, 0) is 50.5 Å². The summed E-state index contributed by atoms with van der Waals surface area (Å²) in [5, 5.41) is 7.50. The van der Waals surface area contributed by atoms with Crippen LogP contribution in [-0.2, 0) is 6.42 Å². The number of carbonyl (C=O) groups excluding carboxylic acids is 1. The fourth-order valence-electron chi connectivity index (χ4n) is 3.58. The number of aromatic amines is 1. The largest absolute Gasteiger partial charge is 0.370 e. The average molecular weight is 399 g/mol. The second-order valence-electron chi connectivity index (χ2n) is 7.49. The number of benzene rings is 2. The van der Waals surface area contributed by atoms with Crippen molar-refractivity contribution in [1.82, 2.24) is 15.0 Å². The van der Waals surface area contributed by atoms with Crippen LogP contribution < -0.4 is 10.6 Å². The number of carbonyl (C=O) groups is 1. The van der Waals surface area contributed by atoms with Crippen molar-refractivity contribution >= 4 is 28.3 Å². The van der Waals surface area contributed by atoms with Gasteiger partial charge in [0.25, 0.3) is 5.91 Å². The lowest BCUT2D eigenvalue weighted by molar-refractivity contribution is 0.102. The molecule has 4 rings (SSSR count). The minimum Gasteiger partial charge on any atom is -0.370 e. The highest BCUT2D eigenvalue weighted by atomic mass is 16.1. The lowest BCUT2D eigenvalue weighted by Gasteiger charge is -2.11. The second kappa shape index (κ2) is 8.37. The van der Waals surface area contributed by atoms with Crippen LogP contribution in [-0.4, -0.2) is 27.4 Å². The van der Waals surface area contributed by atoms with Crippen LogP contribution in [0, 0.1) is 20.8 Å². The number of hydrogen-bond donors (Lipinski definition) is 3. The molecular formula is C24H25N5O. The summed E-state index contributed by atoms with van der Waals surface area (Å²) >= 11 is 0. The van der Waals surface area contributed by atoms with Crippen LogP contribution in [0.25, 0.3) is 10.9 Å². The molecule has 0 unspecified atom stereocenters. The van der Waals surface area contributed by atoms with Gasteiger partial charge in [-0.25, -0.2) is 9.97 Å². The summed E-state index contributed by atoms with van der Waals surface area (Å²) in [5.41, 5.74) is 5.69. The van der Waals surface area contributed by atoms with Gasteiger partial charge in [0, 0.05) is 35.4 Å². The SMILES string of the molecule is Cc1ccc(NC(=O)c2cc(NCCc3c[nH]c4ccccc34)nc(C)n2)c(C)c1. The number of para-hydroxylation sites is 1. The molecule has 2 heterocycles. The number of H-pyrrole nitrogens is 1. The zero-order chi connectivity index (χ0) is 21.1. The van der Waals surface area contributed by atoms with Crippen molar-refractivity contribution in [2.24, 2.45) is 0 Å². The van der Waals surface area contributed by atoms with Crippen LogP contribution in [0.4, 0.5) is 11.5 Å². The summed E-state index contributed by atoms with van der Waals surface area (Å²) in [6.07, 6.45) is 2.89. The number of anilines is 2.